The Labute approximate surface area is 184 Å². The van der Waals surface area contributed by atoms with E-state index in [4.69, 9.17) is 0 Å². The SMILES string of the molecule is Cc1ccc(NC(=O)Nc2ccccc2)cc1NC(=O)CC(C)C1CCNCC1.Cl. The Kier molecular flexibility index (Phi) is 9.15. The zero-order chi connectivity index (χ0) is 20.6. The summed E-state index contributed by atoms with van der Waals surface area (Å²) < 4.78 is 0. The molecule has 1 fully saturated rings. The van der Waals surface area contributed by atoms with Crippen molar-refractivity contribution in [2.75, 3.05) is 29.0 Å². The van der Waals surface area contributed by atoms with E-state index in [1.165, 1.54) is 0 Å². The highest BCUT2D eigenvalue weighted by Gasteiger charge is 2.22. The molecule has 1 atom stereocenters. The number of hydrogen-bond donors (Lipinski definition) is 4. The first-order valence-corrected chi connectivity index (χ1v) is 10.3. The third kappa shape index (κ3) is 7.04. The topological polar surface area (TPSA) is 82.3 Å². The van der Waals surface area contributed by atoms with Crippen LogP contribution in [-0.2, 0) is 4.79 Å². The van der Waals surface area contributed by atoms with Crippen LogP contribution in [0.25, 0.3) is 0 Å². The predicted octanol–water partition coefficient (Wildman–Crippen LogP) is 5.03. The van der Waals surface area contributed by atoms with Crippen molar-refractivity contribution in [1.82, 2.24) is 5.32 Å². The maximum absolute atomic E-state index is 12.6. The van der Waals surface area contributed by atoms with Crippen molar-refractivity contribution in [2.24, 2.45) is 11.8 Å². The van der Waals surface area contributed by atoms with Gasteiger partial charge in [0, 0.05) is 23.5 Å². The summed E-state index contributed by atoms with van der Waals surface area (Å²) in [5, 5.41) is 12.0. The Morgan fingerprint density at radius 2 is 1.67 bits per heavy atom. The quantitative estimate of drug-likeness (QED) is 0.519. The Hall–Kier alpha value is -2.57. The average Bonchev–Trinajstić information content (AvgIpc) is 2.71. The summed E-state index contributed by atoms with van der Waals surface area (Å²) in [6.45, 7) is 6.18. The van der Waals surface area contributed by atoms with Gasteiger partial charge in [0.2, 0.25) is 5.91 Å². The molecule has 0 spiro atoms. The van der Waals surface area contributed by atoms with Gasteiger partial charge in [-0.05, 0) is 74.5 Å². The lowest BCUT2D eigenvalue weighted by Crippen LogP contribution is -2.32. The van der Waals surface area contributed by atoms with Crippen LogP contribution in [0.2, 0.25) is 0 Å². The van der Waals surface area contributed by atoms with Gasteiger partial charge in [-0.1, -0.05) is 31.2 Å². The van der Waals surface area contributed by atoms with Crippen LogP contribution in [0.1, 0.15) is 31.7 Å². The van der Waals surface area contributed by atoms with E-state index in [2.05, 4.69) is 28.2 Å². The summed E-state index contributed by atoms with van der Waals surface area (Å²) >= 11 is 0. The molecule has 3 amide bonds. The van der Waals surface area contributed by atoms with E-state index in [1.54, 1.807) is 6.07 Å². The van der Waals surface area contributed by atoms with E-state index in [9.17, 15) is 9.59 Å². The fourth-order valence-electron chi connectivity index (χ4n) is 3.72. The number of carbonyl (C=O) groups is 2. The van der Waals surface area contributed by atoms with Gasteiger partial charge < -0.3 is 21.3 Å². The predicted molar refractivity (Wildman–Crippen MR) is 126 cm³/mol. The number of nitrogens with one attached hydrogen (secondary N) is 4. The minimum Gasteiger partial charge on any atom is -0.326 e. The molecule has 1 heterocycles. The summed E-state index contributed by atoms with van der Waals surface area (Å²) in [5.41, 5.74) is 3.04. The first kappa shape index (κ1) is 23.7. The summed E-state index contributed by atoms with van der Waals surface area (Å²) in [6, 6.07) is 14.5. The summed E-state index contributed by atoms with van der Waals surface area (Å²) in [4.78, 5) is 24.8. The highest BCUT2D eigenvalue weighted by Crippen LogP contribution is 2.26. The molecule has 2 aromatic carbocycles. The van der Waals surface area contributed by atoms with Crippen LogP contribution in [-0.4, -0.2) is 25.0 Å². The molecule has 6 nitrogen and oxygen atoms in total. The van der Waals surface area contributed by atoms with Gasteiger partial charge in [-0.2, -0.15) is 0 Å². The van der Waals surface area contributed by atoms with Crippen molar-refractivity contribution in [3.8, 4) is 0 Å². The second-order valence-electron chi connectivity index (χ2n) is 7.79. The number of piperidine rings is 1. The number of rotatable bonds is 6. The van der Waals surface area contributed by atoms with Crippen molar-refractivity contribution < 1.29 is 9.59 Å². The molecule has 0 bridgehead atoms. The number of anilines is 3. The molecule has 30 heavy (non-hydrogen) atoms. The first-order valence-electron chi connectivity index (χ1n) is 10.3. The molecule has 4 N–H and O–H groups in total. The minimum absolute atomic E-state index is 0. The molecule has 162 valence electrons. The van der Waals surface area contributed by atoms with Crippen LogP contribution in [0.4, 0.5) is 21.9 Å². The second kappa shape index (κ2) is 11.6. The third-order valence-corrected chi connectivity index (χ3v) is 5.50. The monoisotopic (exact) mass is 430 g/mol. The normalized spacial score (nSPS) is 14.9. The highest BCUT2D eigenvalue weighted by molar-refractivity contribution is 6.00. The number of benzene rings is 2. The van der Waals surface area contributed by atoms with Crippen molar-refractivity contribution in [3.63, 3.8) is 0 Å². The Bertz CT molecular complexity index is 838. The standard InChI is InChI=1S/C23H30N4O2.ClH/c1-16-8-9-20(26-23(29)25-19-6-4-3-5-7-19)15-21(16)27-22(28)14-17(2)18-10-12-24-13-11-18;/h3-9,15,17-18,24H,10-14H2,1-2H3,(H,27,28)(H2,25,26,29);1H. The molecule has 7 heteroatoms. The molecular formula is C23H31ClN4O2. The van der Waals surface area contributed by atoms with Gasteiger partial charge >= 0.3 is 6.03 Å². The maximum atomic E-state index is 12.6. The molecule has 1 aliphatic heterocycles. The van der Waals surface area contributed by atoms with Gasteiger partial charge in [-0.25, -0.2) is 4.79 Å². The van der Waals surface area contributed by atoms with Crippen molar-refractivity contribution in [1.29, 1.82) is 0 Å². The number of halogens is 1. The summed E-state index contributed by atoms with van der Waals surface area (Å²) in [6.07, 6.45) is 2.77. The molecule has 1 unspecified atom stereocenters. The second-order valence-corrected chi connectivity index (χ2v) is 7.79. The summed E-state index contributed by atoms with van der Waals surface area (Å²) in [7, 11) is 0. The lowest BCUT2D eigenvalue weighted by atomic mass is 9.84. The molecular weight excluding hydrogens is 400 g/mol. The zero-order valence-electron chi connectivity index (χ0n) is 17.5. The van der Waals surface area contributed by atoms with Gasteiger partial charge in [-0.3, -0.25) is 4.79 Å². The first-order chi connectivity index (χ1) is 14.0. The van der Waals surface area contributed by atoms with Gasteiger partial charge in [0.25, 0.3) is 0 Å². The molecule has 0 aliphatic carbocycles. The lowest BCUT2D eigenvalue weighted by Gasteiger charge is -2.28. The molecule has 1 saturated heterocycles. The average molecular weight is 431 g/mol. The van der Waals surface area contributed by atoms with E-state index in [0.29, 0.717) is 23.9 Å². The zero-order valence-corrected chi connectivity index (χ0v) is 18.4. The van der Waals surface area contributed by atoms with Crippen LogP contribution < -0.4 is 21.3 Å². The maximum Gasteiger partial charge on any atom is 0.323 e. The van der Waals surface area contributed by atoms with Gasteiger partial charge in [0.1, 0.15) is 0 Å². The fraction of sp³-hybridized carbons (Fsp3) is 0.391. The number of urea groups is 1. The molecule has 0 radical (unpaired) electrons. The Morgan fingerprint density at radius 3 is 2.37 bits per heavy atom. The molecule has 3 rings (SSSR count). The smallest absolute Gasteiger partial charge is 0.323 e. The van der Waals surface area contributed by atoms with Gasteiger partial charge in [0.05, 0.1) is 0 Å². The van der Waals surface area contributed by atoms with E-state index in [-0.39, 0.29) is 24.3 Å². The lowest BCUT2D eigenvalue weighted by molar-refractivity contribution is -0.117. The van der Waals surface area contributed by atoms with Crippen molar-refractivity contribution >= 4 is 41.4 Å². The van der Waals surface area contributed by atoms with E-state index in [0.717, 1.165) is 42.9 Å². The van der Waals surface area contributed by atoms with E-state index >= 15 is 0 Å². The number of hydrogen-bond acceptors (Lipinski definition) is 3. The van der Waals surface area contributed by atoms with Crippen LogP contribution in [0.15, 0.2) is 48.5 Å². The third-order valence-electron chi connectivity index (χ3n) is 5.50. The summed E-state index contributed by atoms with van der Waals surface area (Å²) in [5.74, 6) is 0.971. The number of aryl methyl sites for hydroxylation is 1. The van der Waals surface area contributed by atoms with Crippen LogP contribution in [0.3, 0.4) is 0 Å². The fourth-order valence-corrected chi connectivity index (χ4v) is 3.72. The van der Waals surface area contributed by atoms with Crippen molar-refractivity contribution in [3.05, 3.63) is 54.1 Å². The van der Waals surface area contributed by atoms with E-state index < -0.39 is 0 Å². The number of carbonyl (C=O) groups excluding carboxylic acids is 2. The van der Waals surface area contributed by atoms with Gasteiger partial charge in [-0.15, -0.1) is 12.4 Å². The van der Waals surface area contributed by atoms with Crippen LogP contribution >= 0.6 is 12.4 Å². The number of para-hydroxylation sites is 1. The largest absolute Gasteiger partial charge is 0.326 e. The number of amides is 3. The molecule has 1 aliphatic rings. The molecule has 0 saturated carbocycles. The Balaban J connectivity index is 0.00000320. The Morgan fingerprint density at radius 1 is 1.00 bits per heavy atom. The van der Waals surface area contributed by atoms with Crippen LogP contribution in [0.5, 0.6) is 0 Å². The highest BCUT2D eigenvalue weighted by atomic mass is 35.5. The van der Waals surface area contributed by atoms with E-state index in [1.807, 2.05) is 49.4 Å². The molecule has 2 aromatic rings. The van der Waals surface area contributed by atoms with Gasteiger partial charge in [0.15, 0.2) is 0 Å². The van der Waals surface area contributed by atoms with Crippen LogP contribution in [0, 0.1) is 18.8 Å². The van der Waals surface area contributed by atoms with Crippen molar-refractivity contribution in [2.45, 2.75) is 33.1 Å². The minimum atomic E-state index is -0.322. The molecule has 0 aromatic heterocycles.